The SMILES string of the molecule is CCC[C@@H](C)C1(CC)C(=O)NC(=O)NC1=O.Cl. The number of hydrogen-bond acceptors (Lipinski definition) is 3. The van der Waals surface area contributed by atoms with Gasteiger partial charge in [0, 0.05) is 0 Å². The summed E-state index contributed by atoms with van der Waals surface area (Å²) in [5.74, 6) is -1.01. The zero-order chi connectivity index (χ0) is 12.3. The molecule has 98 valence electrons. The van der Waals surface area contributed by atoms with E-state index in [1.165, 1.54) is 0 Å². The Labute approximate surface area is 107 Å². The number of carbonyl (C=O) groups excluding carboxylic acids is 3. The molecule has 1 rings (SSSR count). The highest BCUT2D eigenvalue weighted by Crippen LogP contribution is 2.36. The van der Waals surface area contributed by atoms with Crippen molar-refractivity contribution < 1.29 is 14.4 Å². The van der Waals surface area contributed by atoms with Crippen LogP contribution in [0.2, 0.25) is 0 Å². The van der Waals surface area contributed by atoms with Gasteiger partial charge >= 0.3 is 6.03 Å². The van der Waals surface area contributed by atoms with Crippen molar-refractivity contribution in [2.24, 2.45) is 11.3 Å². The van der Waals surface area contributed by atoms with E-state index in [-0.39, 0.29) is 18.3 Å². The summed E-state index contributed by atoms with van der Waals surface area (Å²) < 4.78 is 0. The average Bonchev–Trinajstić information content (AvgIpc) is 2.18. The van der Waals surface area contributed by atoms with Gasteiger partial charge in [0.2, 0.25) is 11.8 Å². The van der Waals surface area contributed by atoms with Gasteiger partial charge in [0.15, 0.2) is 0 Å². The molecule has 1 aliphatic rings. The van der Waals surface area contributed by atoms with Crippen LogP contribution in [0, 0.1) is 11.3 Å². The Balaban J connectivity index is 0.00000256. The first-order chi connectivity index (χ1) is 7.48. The number of halogens is 1. The zero-order valence-electron chi connectivity index (χ0n) is 10.3. The highest BCUT2D eigenvalue weighted by atomic mass is 35.5. The minimum absolute atomic E-state index is 0. The van der Waals surface area contributed by atoms with Crippen LogP contribution >= 0.6 is 12.4 Å². The monoisotopic (exact) mass is 262 g/mol. The molecule has 4 amide bonds. The first-order valence-corrected chi connectivity index (χ1v) is 5.65. The Bertz CT molecular complexity index is 311. The average molecular weight is 263 g/mol. The summed E-state index contributed by atoms with van der Waals surface area (Å²) in [5, 5.41) is 4.36. The van der Waals surface area contributed by atoms with Crippen molar-refractivity contribution in [3.8, 4) is 0 Å². The van der Waals surface area contributed by atoms with Gasteiger partial charge in [-0.25, -0.2) is 4.79 Å². The number of imide groups is 2. The molecular weight excluding hydrogens is 244 g/mol. The van der Waals surface area contributed by atoms with E-state index in [1.54, 1.807) is 6.92 Å². The van der Waals surface area contributed by atoms with Gasteiger partial charge in [-0.2, -0.15) is 0 Å². The van der Waals surface area contributed by atoms with Gasteiger partial charge in [-0.3, -0.25) is 20.2 Å². The Morgan fingerprint density at radius 1 is 1.12 bits per heavy atom. The Morgan fingerprint density at radius 3 is 1.94 bits per heavy atom. The van der Waals surface area contributed by atoms with E-state index in [9.17, 15) is 14.4 Å². The third-order valence-electron chi connectivity index (χ3n) is 3.39. The van der Waals surface area contributed by atoms with Crippen molar-refractivity contribution in [3.05, 3.63) is 0 Å². The fourth-order valence-electron chi connectivity index (χ4n) is 2.36. The van der Waals surface area contributed by atoms with Crippen molar-refractivity contribution in [2.45, 2.75) is 40.0 Å². The summed E-state index contributed by atoms with van der Waals surface area (Å²) in [7, 11) is 0. The number of nitrogens with one attached hydrogen (secondary N) is 2. The molecule has 0 aromatic heterocycles. The van der Waals surface area contributed by atoms with Gasteiger partial charge in [-0.15, -0.1) is 12.4 Å². The number of barbiturate groups is 1. The zero-order valence-corrected chi connectivity index (χ0v) is 11.1. The molecule has 0 unspecified atom stereocenters. The summed E-state index contributed by atoms with van der Waals surface area (Å²) >= 11 is 0. The molecule has 5 nitrogen and oxygen atoms in total. The molecule has 2 N–H and O–H groups in total. The standard InChI is InChI=1S/C11H18N2O3.ClH/c1-4-6-7(3)11(5-2)8(14)12-10(16)13-9(11)15;/h7H,4-6H2,1-3H3,(H2,12,13,14,15,16);1H/t7-;/m1./s1. The van der Waals surface area contributed by atoms with E-state index < -0.39 is 23.3 Å². The van der Waals surface area contributed by atoms with Gasteiger partial charge < -0.3 is 0 Å². The summed E-state index contributed by atoms with van der Waals surface area (Å²) in [6.45, 7) is 5.67. The second-order valence-corrected chi connectivity index (χ2v) is 4.25. The number of amides is 4. The Morgan fingerprint density at radius 2 is 1.59 bits per heavy atom. The quantitative estimate of drug-likeness (QED) is 0.756. The van der Waals surface area contributed by atoms with Gasteiger partial charge in [0.25, 0.3) is 0 Å². The Hall–Kier alpha value is -1.10. The predicted molar refractivity (Wildman–Crippen MR) is 65.7 cm³/mol. The van der Waals surface area contributed by atoms with Crippen molar-refractivity contribution in [3.63, 3.8) is 0 Å². The van der Waals surface area contributed by atoms with Crippen LogP contribution in [-0.2, 0) is 9.59 Å². The van der Waals surface area contributed by atoms with E-state index in [4.69, 9.17) is 0 Å². The second kappa shape index (κ2) is 6.00. The molecule has 0 spiro atoms. The van der Waals surface area contributed by atoms with E-state index in [0.29, 0.717) is 6.42 Å². The lowest BCUT2D eigenvalue weighted by atomic mass is 9.70. The third-order valence-corrected chi connectivity index (χ3v) is 3.39. The van der Waals surface area contributed by atoms with Crippen LogP contribution in [-0.4, -0.2) is 17.8 Å². The van der Waals surface area contributed by atoms with Crippen LogP contribution in [0.4, 0.5) is 4.79 Å². The smallest absolute Gasteiger partial charge is 0.277 e. The fraction of sp³-hybridized carbons (Fsp3) is 0.727. The summed E-state index contributed by atoms with van der Waals surface area (Å²) in [4.78, 5) is 34.8. The van der Waals surface area contributed by atoms with Crippen LogP contribution in [0.25, 0.3) is 0 Å². The molecule has 0 bridgehead atoms. The molecule has 17 heavy (non-hydrogen) atoms. The predicted octanol–water partition coefficient (Wildman–Crippen LogP) is 1.61. The van der Waals surface area contributed by atoms with Crippen molar-refractivity contribution in [1.29, 1.82) is 0 Å². The molecular formula is C11H19ClN2O3. The minimum Gasteiger partial charge on any atom is -0.277 e. The molecule has 0 aliphatic carbocycles. The summed E-state index contributed by atoms with van der Waals surface area (Å²) in [6.07, 6.45) is 2.08. The lowest BCUT2D eigenvalue weighted by Crippen LogP contribution is -2.64. The topological polar surface area (TPSA) is 75.3 Å². The van der Waals surface area contributed by atoms with Gasteiger partial charge in [0.1, 0.15) is 5.41 Å². The lowest BCUT2D eigenvalue weighted by Gasteiger charge is -2.37. The van der Waals surface area contributed by atoms with Crippen molar-refractivity contribution in [1.82, 2.24) is 10.6 Å². The molecule has 1 aliphatic heterocycles. The minimum atomic E-state index is -1.09. The van der Waals surface area contributed by atoms with Crippen LogP contribution in [0.3, 0.4) is 0 Å². The number of rotatable bonds is 4. The molecule has 0 aromatic rings. The molecule has 6 heteroatoms. The van der Waals surface area contributed by atoms with E-state index >= 15 is 0 Å². The normalized spacial score (nSPS) is 20.1. The largest absolute Gasteiger partial charge is 0.328 e. The van der Waals surface area contributed by atoms with Crippen LogP contribution < -0.4 is 10.6 Å². The van der Waals surface area contributed by atoms with Crippen molar-refractivity contribution in [2.75, 3.05) is 0 Å². The number of urea groups is 1. The highest BCUT2D eigenvalue weighted by molar-refractivity contribution is 6.19. The van der Waals surface area contributed by atoms with Gasteiger partial charge in [-0.1, -0.05) is 27.2 Å². The summed E-state index contributed by atoms with van der Waals surface area (Å²) in [6, 6.07) is -0.720. The van der Waals surface area contributed by atoms with Gasteiger partial charge in [0.05, 0.1) is 0 Å². The fourth-order valence-corrected chi connectivity index (χ4v) is 2.36. The lowest BCUT2D eigenvalue weighted by molar-refractivity contribution is -0.148. The maximum absolute atomic E-state index is 11.9. The second-order valence-electron chi connectivity index (χ2n) is 4.25. The first kappa shape index (κ1) is 15.9. The van der Waals surface area contributed by atoms with Crippen LogP contribution in [0.5, 0.6) is 0 Å². The molecule has 0 aromatic carbocycles. The van der Waals surface area contributed by atoms with Crippen molar-refractivity contribution >= 4 is 30.3 Å². The molecule has 1 saturated heterocycles. The van der Waals surface area contributed by atoms with E-state index in [0.717, 1.165) is 12.8 Å². The van der Waals surface area contributed by atoms with Crippen LogP contribution in [0.1, 0.15) is 40.0 Å². The van der Waals surface area contributed by atoms with E-state index in [1.807, 2.05) is 13.8 Å². The summed E-state index contributed by atoms with van der Waals surface area (Å²) in [5.41, 5.74) is -1.09. The van der Waals surface area contributed by atoms with E-state index in [2.05, 4.69) is 10.6 Å². The first-order valence-electron chi connectivity index (χ1n) is 5.65. The molecule has 0 saturated carbocycles. The van der Waals surface area contributed by atoms with Crippen LogP contribution in [0.15, 0.2) is 0 Å². The number of hydrogen-bond donors (Lipinski definition) is 2. The Kier molecular flexibility index (Phi) is 5.61. The molecule has 1 heterocycles. The van der Waals surface area contributed by atoms with Gasteiger partial charge in [-0.05, 0) is 18.8 Å². The molecule has 0 radical (unpaired) electrons. The highest BCUT2D eigenvalue weighted by Gasteiger charge is 2.52. The molecule has 1 fully saturated rings. The molecule has 1 atom stereocenters. The maximum Gasteiger partial charge on any atom is 0.328 e. The third kappa shape index (κ3) is 2.60. The number of carbonyl (C=O) groups is 3. The maximum atomic E-state index is 11.9.